The summed E-state index contributed by atoms with van der Waals surface area (Å²) in [5.41, 5.74) is 16.7. The Morgan fingerprint density at radius 1 is 1.26 bits per heavy atom. The quantitative estimate of drug-likeness (QED) is 0.398. The molecule has 2 rings (SSSR count). The molecule has 0 aliphatic rings. The number of nitrogens with two attached hydrogens (primary N) is 3. The third-order valence-electron chi connectivity index (χ3n) is 2.56. The van der Waals surface area contributed by atoms with Crippen LogP contribution in [0.3, 0.4) is 0 Å². The molecule has 23 heavy (non-hydrogen) atoms. The Balaban J connectivity index is 2.26. The van der Waals surface area contributed by atoms with Gasteiger partial charge >= 0.3 is 0 Å². The number of aromatic nitrogens is 2. The smallest absolute Gasteiger partial charge is 0.276 e. The van der Waals surface area contributed by atoms with Gasteiger partial charge in [0, 0.05) is 10.8 Å². The Morgan fingerprint density at radius 3 is 2.39 bits per heavy atom. The van der Waals surface area contributed by atoms with Gasteiger partial charge in [-0.15, -0.1) is 22.7 Å². The van der Waals surface area contributed by atoms with Crippen molar-refractivity contribution >= 4 is 50.5 Å². The third kappa shape index (κ3) is 3.92. The molecule has 0 saturated carbocycles. The summed E-state index contributed by atoms with van der Waals surface area (Å²) in [7, 11) is 1.27. The van der Waals surface area contributed by atoms with Gasteiger partial charge in [-0.05, 0) is 0 Å². The van der Waals surface area contributed by atoms with E-state index in [0.717, 1.165) is 22.7 Å². The molecule has 2 heterocycles. The molecule has 0 saturated heterocycles. The summed E-state index contributed by atoms with van der Waals surface area (Å²) in [6.07, 6.45) is 0. The predicted molar refractivity (Wildman–Crippen MR) is 86.7 cm³/mol. The van der Waals surface area contributed by atoms with Crippen LogP contribution >= 0.6 is 22.7 Å². The van der Waals surface area contributed by atoms with Crippen LogP contribution in [0.25, 0.3) is 0 Å². The van der Waals surface area contributed by atoms with Crippen molar-refractivity contribution in [2.45, 2.75) is 6.04 Å². The topological polar surface area (TPSA) is 172 Å². The number of carbonyl (C=O) groups excluding carboxylic acids is 2. The number of hydrogen-bond acceptors (Lipinski definition) is 10. The summed E-state index contributed by atoms with van der Waals surface area (Å²) in [5.74, 6) is -1.51. The van der Waals surface area contributed by atoms with E-state index in [9.17, 15) is 9.59 Å². The van der Waals surface area contributed by atoms with Gasteiger partial charge in [-0.2, -0.15) is 0 Å². The monoisotopic (exact) mass is 355 g/mol. The lowest BCUT2D eigenvalue weighted by molar-refractivity contribution is -0.124. The number of nitrogens with one attached hydrogen (secondary N) is 1. The van der Waals surface area contributed by atoms with Crippen molar-refractivity contribution in [1.29, 1.82) is 0 Å². The van der Waals surface area contributed by atoms with Crippen molar-refractivity contribution < 1.29 is 14.4 Å². The van der Waals surface area contributed by atoms with Crippen LogP contribution in [-0.4, -0.2) is 34.6 Å². The van der Waals surface area contributed by atoms with Crippen molar-refractivity contribution in [2.24, 2.45) is 10.9 Å². The first-order chi connectivity index (χ1) is 10.9. The first-order valence-electron chi connectivity index (χ1n) is 6.06. The molecule has 2 aromatic rings. The van der Waals surface area contributed by atoms with Crippen molar-refractivity contribution in [2.75, 3.05) is 18.6 Å². The Labute approximate surface area is 138 Å². The van der Waals surface area contributed by atoms with Crippen LogP contribution < -0.4 is 22.5 Å². The minimum absolute atomic E-state index is 0.144. The summed E-state index contributed by atoms with van der Waals surface area (Å²) >= 11 is 2.25. The van der Waals surface area contributed by atoms with Crippen molar-refractivity contribution in [1.82, 2.24) is 15.3 Å². The van der Waals surface area contributed by atoms with E-state index < -0.39 is 17.9 Å². The fourth-order valence-corrected chi connectivity index (χ4v) is 2.75. The van der Waals surface area contributed by atoms with Gasteiger partial charge in [0.15, 0.2) is 22.0 Å². The first kappa shape index (κ1) is 16.6. The lowest BCUT2D eigenvalue weighted by Crippen LogP contribution is -2.41. The van der Waals surface area contributed by atoms with Gasteiger partial charge in [-0.1, -0.05) is 5.16 Å². The average molecular weight is 355 g/mol. The van der Waals surface area contributed by atoms with E-state index >= 15 is 0 Å². The Morgan fingerprint density at radius 2 is 1.91 bits per heavy atom. The number of rotatable bonds is 6. The maximum Gasteiger partial charge on any atom is 0.276 e. The lowest BCUT2D eigenvalue weighted by Gasteiger charge is -2.13. The lowest BCUT2D eigenvalue weighted by atomic mass is 10.2. The van der Waals surface area contributed by atoms with Gasteiger partial charge in [0.2, 0.25) is 5.91 Å². The maximum atomic E-state index is 12.4. The van der Waals surface area contributed by atoms with E-state index in [0.29, 0.717) is 0 Å². The predicted octanol–water partition coefficient (Wildman–Crippen LogP) is -0.543. The van der Waals surface area contributed by atoms with E-state index in [4.69, 9.17) is 17.2 Å². The van der Waals surface area contributed by atoms with Gasteiger partial charge in [-0.25, -0.2) is 9.97 Å². The Hall–Kier alpha value is -2.73. The number of nitrogens with zero attached hydrogens (tertiary/aromatic N) is 3. The zero-order chi connectivity index (χ0) is 17.0. The maximum absolute atomic E-state index is 12.4. The first-order valence-corrected chi connectivity index (χ1v) is 7.82. The number of primary amides is 1. The summed E-state index contributed by atoms with van der Waals surface area (Å²) in [6.45, 7) is 0. The molecule has 2 aromatic heterocycles. The van der Waals surface area contributed by atoms with Crippen molar-refractivity contribution in [3.8, 4) is 0 Å². The second-order valence-electron chi connectivity index (χ2n) is 4.11. The van der Waals surface area contributed by atoms with E-state index in [2.05, 4.69) is 25.3 Å². The van der Waals surface area contributed by atoms with E-state index in [1.54, 1.807) is 0 Å². The van der Waals surface area contributed by atoms with Gasteiger partial charge in [0.05, 0.1) is 5.69 Å². The highest BCUT2D eigenvalue weighted by molar-refractivity contribution is 7.14. The molecular weight excluding hydrogens is 342 g/mol. The molecule has 7 N–H and O–H groups in total. The Bertz CT molecular complexity index is 754. The van der Waals surface area contributed by atoms with E-state index in [1.807, 2.05) is 0 Å². The summed E-state index contributed by atoms with van der Waals surface area (Å²) in [5, 5.41) is 9.61. The van der Waals surface area contributed by atoms with Crippen LogP contribution in [0.2, 0.25) is 0 Å². The minimum atomic E-state index is -1.16. The van der Waals surface area contributed by atoms with Crippen LogP contribution in [0.5, 0.6) is 0 Å². The van der Waals surface area contributed by atoms with E-state index in [1.165, 1.54) is 17.9 Å². The standard InChI is InChI=1S/C11H13N7O3S2/c1-21-18-7(5-3-23-11(14)16-5)9(20)17-6(8(12)19)4-2-22-10(13)15-4/h2-3,6H,1H3,(H2,12,19)(H2,13,15)(H2,14,16)(H,17,20)/b18-7-. The van der Waals surface area contributed by atoms with Gasteiger partial charge in [-0.3, -0.25) is 9.59 Å². The number of nitrogen functional groups attached to an aromatic ring is 2. The fourth-order valence-electron chi connectivity index (χ4n) is 1.62. The Kier molecular flexibility index (Phi) is 5.08. The second-order valence-corrected chi connectivity index (χ2v) is 5.89. The molecule has 0 fully saturated rings. The highest BCUT2D eigenvalue weighted by Crippen LogP contribution is 2.19. The molecular formula is C11H13N7O3S2. The number of carbonyl (C=O) groups is 2. The molecule has 0 aliphatic heterocycles. The zero-order valence-electron chi connectivity index (χ0n) is 11.8. The molecule has 0 spiro atoms. The number of amides is 2. The molecule has 1 atom stereocenters. The largest absolute Gasteiger partial charge is 0.398 e. The van der Waals surface area contributed by atoms with Gasteiger partial charge in [0.25, 0.3) is 5.91 Å². The van der Waals surface area contributed by atoms with Gasteiger partial charge in [0.1, 0.15) is 12.8 Å². The highest BCUT2D eigenvalue weighted by Gasteiger charge is 2.27. The molecule has 0 aliphatic carbocycles. The van der Waals surface area contributed by atoms with Crippen LogP contribution in [0, 0.1) is 0 Å². The molecule has 0 aromatic carbocycles. The molecule has 12 heteroatoms. The van der Waals surface area contributed by atoms with Gasteiger partial charge < -0.3 is 27.4 Å². The number of thiazole rings is 2. The molecule has 0 radical (unpaired) electrons. The van der Waals surface area contributed by atoms with Crippen LogP contribution in [-0.2, 0) is 14.4 Å². The number of hydrogen-bond donors (Lipinski definition) is 4. The molecule has 122 valence electrons. The minimum Gasteiger partial charge on any atom is -0.398 e. The summed E-state index contributed by atoms with van der Waals surface area (Å²) in [4.78, 5) is 36.5. The van der Waals surface area contributed by atoms with Crippen LogP contribution in [0.4, 0.5) is 10.3 Å². The average Bonchev–Trinajstić information content (AvgIpc) is 3.10. The van der Waals surface area contributed by atoms with E-state index in [-0.39, 0.29) is 27.4 Å². The molecule has 2 amide bonds. The molecule has 10 nitrogen and oxygen atoms in total. The molecule has 0 bridgehead atoms. The fraction of sp³-hybridized carbons (Fsp3) is 0.182. The second kappa shape index (κ2) is 7.02. The van der Waals surface area contributed by atoms with Crippen LogP contribution in [0.1, 0.15) is 17.4 Å². The number of oxime groups is 1. The van der Waals surface area contributed by atoms with Crippen molar-refractivity contribution in [3.05, 3.63) is 22.1 Å². The summed E-state index contributed by atoms with van der Waals surface area (Å²) < 4.78 is 0. The van der Waals surface area contributed by atoms with Crippen LogP contribution in [0.15, 0.2) is 15.9 Å². The summed E-state index contributed by atoms with van der Waals surface area (Å²) in [6, 6.07) is -1.16. The molecule has 1 unspecified atom stereocenters. The third-order valence-corrected chi connectivity index (χ3v) is 3.92. The zero-order valence-corrected chi connectivity index (χ0v) is 13.5. The number of anilines is 2. The SMILES string of the molecule is CO/N=C(\C(=O)NC(C(N)=O)c1csc(N)n1)c1csc(N)n1. The highest BCUT2D eigenvalue weighted by atomic mass is 32.1. The van der Waals surface area contributed by atoms with Crippen molar-refractivity contribution in [3.63, 3.8) is 0 Å². The normalized spacial score (nSPS) is 12.7.